The highest BCUT2D eigenvalue weighted by Gasteiger charge is 2.03. The Hall–Kier alpha value is -1.45. The van der Waals surface area contributed by atoms with Crippen LogP contribution in [0.4, 0.5) is 8.78 Å². The van der Waals surface area contributed by atoms with Crippen molar-refractivity contribution >= 4 is 5.84 Å². The normalized spacial score (nSPS) is 11.8. The van der Waals surface area contributed by atoms with Crippen molar-refractivity contribution in [2.75, 3.05) is 7.05 Å². The van der Waals surface area contributed by atoms with Gasteiger partial charge < -0.3 is 5.73 Å². The van der Waals surface area contributed by atoms with Gasteiger partial charge in [0.2, 0.25) is 0 Å². The first kappa shape index (κ1) is 8.64. The number of halogens is 2. The minimum absolute atomic E-state index is 0.189. The molecular weight excluding hydrogens is 162 g/mol. The minimum Gasteiger partial charge on any atom is -0.384 e. The molecule has 0 amide bonds. The SMILES string of the molecule is CN=C(N)c1ccc(F)c(F)c1. The van der Waals surface area contributed by atoms with E-state index in [2.05, 4.69) is 4.99 Å². The number of hydrogen-bond donors (Lipinski definition) is 1. The smallest absolute Gasteiger partial charge is 0.159 e. The molecule has 0 bridgehead atoms. The van der Waals surface area contributed by atoms with E-state index < -0.39 is 11.6 Å². The molecule has 0 aliphatic rings. The van der Waals surface area contributed by atoms with Gasteiger partial charge in [0.15, 0.2) is 11.6 Å². The Morgan fingerprint density at radius 1 is 1.33 bits per heavy atom. The lowest BCUT2D eigenvalue weighted by Crippen LogP contribution is -2.13. The van der Waals surface area contributed by atoms with Crippen molar-refractivity contribution in [2.45, 2.75) is 0 Å². The number of nitrogens with two attached hydrogens (primary N) is 1. The van der Waals surface area contributed by atoms with E-state index in [1.807, 2.05) is 0 Å². The molecule has 1 aromatic carbocycles. The van der Waals surface area contributed by atoms with Crippen molar-refractivity contribution in [3.05, 3.63) is 35.4 Å². The fourth-order valence-electron chi connectivity index (χ4n) is 0.785. The molecule has 4 heteroatoms. The van der Waals surface area contributed by atoms with Crippen LogP contribution in [0.5, 0.6) is 0 Å². The minimum atomic E-state index is -0.918. The van der Waals surface area contributed by atoms with E-state index in [1.54, 1.807) is 0 Å². The highest BCUT2D eigenvalue weighted by Crippen LogP contribution is 2.07. The Morgan fingerprint density at radius 2 is 2.00 bits per heavy atom. The average molecular weight is 170 g/mol. The molecule has 0 radical (unpaired) electrons. The number of amidine groups is 1. The van der Waals surface area contributed by atoms with Gasteiger partial charge in [0.05, 0.1) is 0 Å². The van der Waals surface area contributed by atoms with Crippen LogP contribution < -0.4 is 5.73 Å². The zero-order chi connectivity index (χ0) is 9.14. The summed E-state index contributed by atoms with van der Waals surface area (Å²) in [5, 5.41) is 0. The maximum Gasteiger partial charge on any atom is 0.159 e. The molecule has 0 aromatic heterocycles. The number of nitrogens with zero attached hydrogens (tertiary/aromatic N) is 1. The molecule has 0 atom stereocenters. The molecule has 64 valence electrons. The van der Waals surface area contributed by atoms with Crippen LogP contribution in [-0.2, 0) is 0 Å². The lowest BCUT2D eigenvalue weighted by atomic mass is 10.2. The van der Waals surface area contributed by atoms with Gasteiger partial charge in [0.25, 0.3) is 0 Å². The Bertz CT molecular complexity index is 321. The van der Waals surface area contributed by atoms with Gasteiger partial charge in [-0.05, 0) is 18.2 Å². The van der Waals surface area contributed by atoms with Gasteiger partial charge in [-0.25, -0.2) is 8.78 Å². The molecule has 0 saturated heterocycles. The maximum atomic E-state index is 12.6. The van der Waals surface area contributed by atoms with Crippen molar-refractivity contribution in [3.63, 3.8) is 0 Å². The third-order valence-corrected chi connectivity index (χ3v) is 1.46. The van der Waals surface area contributed by atoms with Crippen LogP contribution in [0.1, 0.15) is 5.56 Å². The lowest BCUT2D eigenvalue weighted by Gasteiger charge is -1.99. The summed E-state index contributed by atoms with van der Waals surface area (Å²) in [5.41, 5.74) is 5.76. The van der Waals surface area contributed by atoms with Crippen molar-refractivity contribution in [3.8, 4) is 0 Å². The molecule has 12 heavy (non-hydrogen) atoms. The van der Waals surface area contributed by atoms with Crippen LogP contribution in [0.2, 0.25) is 0 Å². The van der Waals surface area contributed by atoms with E-state index in [0.717, 1.165) is 12.1 Å². The molecule has 0 saturated carbocycles. The molecule has 2 N–H and O–H groups in total. The van der Waals surface area contributed by atoms with E-state index in [0.29, 0.717) is 5.56 Å². The summed E-state index contributed by atoms with van der Waals surface area (Å²) in [6, 6.07) is 3.40. The second kappa shape index (κ2) is 3.30. The summed E-state index contributed by atoms with van der Waals surface area (Å²) in [5.74, 6) is -1.62. The van der Waals surface area contributed by atoms with Crippen LogP contribution in [0.25, 0.3) is 0 Å². The topological polar surface area (TPSA) is 38.4 Å². The molecule has 2 nitrogen and oxygen atoms in total. The van der Waals surface area contributed by atoms with Gasteiger partial charge in [0, 0.05) is 12.6 Å². The molecule has 1 rings (SSSR count). The van der Waals surface area contributed by atoms with Gasteiger partial charge in [-0.3, -0.25) is 4.99 Å². The van der Waals surface area contributed by atoms with Crippen LogP contribution in [0, 0.1) is 11.6 Å². The van der Waals surface area contributed by atoms with Gasteiger partial charge in [-0.15, -0.1) is 0 Å². The second-order valence-corrected chi connectivity index (χ2v) is 2.24. The Kier molecular flexibility index (Phi) is 2.38. The van der Waals surface area contributed by atoms with E-state index in [4.69, 9.17) is 5.73 Å². The summed E-state index contributed by atoms with van der Waals surface area (Å²) in [4.78, 5) is 3.63. The number of rotatable bonds is 1. The van der Waals surface area contributed by atoms with Crippen molar-refractivity contribution in [1.29, 1.82) is 0 Å². The third-order valence-electron chi connectivity index (χ3n) is 1.46. The number of hydrogen-bond acceptors (Lipinski definition) is 1. The van der Waals surface area contributed by atoms with Crippen LogP contribution >= 0.6 is 0 Å². The first-order valence-electron chi connectivity index (χ1n) is 3.33. The first-order valence-corrected chi connectivity index (χ1v) is 3.33. The molecular formula is C8H8F2N2. The predicted molar refractivity (Wildman–Crippen MR) is 43.0 cm³/mol. The van der Waals surface area contributed by atoms with Crippen molar-refractivity contribution in [1.82, 2.24) is 0 Å². The number of aliphatic imine (C=N–C) groups is 1. The van der Waals surface area contributed by atoms with Gasteiger partial charge >= 0.3 is 0 Å². The Balaban J connectivity index is 3.13. The fourth-order valence-corrected chi connectivity index (χ4v) is 0.785. The zero-order valence-corrected chi connectivity index (χ0v) is 6.51. The lowest BCUT2D eigenvalue weighted by molar-refractivity contribution is 0.508. The monoisotopic (exact) mass is 170 g/mol. The van der Waals surface area contributed by atoms with E-state index in [9.17, 15) is 8.78 Å². The first-order chi connectivity index (χ1) is 5.65. The molecule has 0 aliphatic carbocycles. The van der Waals surface area contributed by atoms with Gasteiger partial charge in [-0.2, -0.15) is 0 Å². The Morgan fingerprint density at radius 3 is 2.50 bits per heavy atom. The van der Waals surface area contributed by atoms with Crippen LogP contribution in [0.3, 0.4) is 0 Å². The van der Waals surface area contributed by atoms with Gasteiger partial charge in [0.1, 0.15) is 5.84 Å². The largest absolute Gasteiger partial charge is 0.384 e. The summed E-state index contributed by atoms with van der Waals surface area (Å²) in [7, 11) is 1.48. The average Bonchev–Trinajstić information content (AvgIpc) is 2.08. The summed E-state index contributed by atoms with van der Waals surface area (Å²) in [6.07, 6.45) is 0. The molecule has 0 unspecified atom stereocenters. The molecule has 0 spiro atoms. The quantitative estimate of drug-likeness (QED) is 0.500. The van der Waals surface area contributed by atoms with Crippen molar-refractivity contribution in [2.24, 2.45) is 10.7 Å². The van der Waals surface area contributed by atoms with E-state index in [-0.39, 0.29) is 5.84 Å². The van der Waals surface area contributed by atoms with E-state index in [1.165, 1.54) is 13.1 Å². The summed E-state index contributed by atoms with van der Waals surface area (Å²) >= 11 is 0. The number of benzene rings is 1. The second-order valence-electron chi connectivity index (χ2n) is 2.24. The fraction of sp³-hybridized carbons (Fsp3) is 0.125. The maximum absolute atomic E-state index is 12.6. The van der Waals surface area contributed by atoms with Crippen LogP contribution in [-0.4, -0.2) is 12.9 Å². The van der Waals surface area contributed by atoms with Gasteiger partial charge in [-0.1, -0.05) is 0 Å². The third kappa shape index (κ3) is 1.58. The molecule has 1 aromatic rings. The molecule has 0 heterocycles. The standard InChI is InChI=1S/C8H8F2N2/c1-12-8(11)5-2-3-6(9)7(10)4-5/h2-4H,1H3,(H2,11,12). The van der Waals surface area contributed by atoms with Crippen LogP contribution in [0.15, 0.2) is 23.2 Å². The van der Waals surface area contributed by atoms with E-state index >= 15 is 0 Å². The highest BCUT2D eigenvalue weighted by molar-refractivity contribution is 5.97. The summed E-state index contributed by atoms with van der Waals surface area (Å²) < 4.78 is 25.0. The predicted octanol–water partition coefficient (Wildman–Crippen LogP) is 1.30. The molecule has 0 aliphatic heterocycles. The zero-order valence-electron chi connectivity index (χ0n) is 6.51. The Labute approximate surface area is 68.7 Å². The highest BCUT2D eigenvalue weighted by atomic mass is 19.2. The summed E-state index contributed by atoms with van der Waals surface area (Å²) in [6.45, 7) is 0. The molecule has 0 fully saturated rings. The van der Waals surface area contributed by atoms with Crippen molar-refractivity contribution < 1.29 is 8.78 Å².